The second-order valence-electron chi connectivity index (χ2n) is 7.73. The summed E-state index contributed by atoms with van der Waals surface area (Å²) in [5.41, 5.74) is 1.55. The van der Waals surface area contributed by atoms with Crippen molar-refractivity contribution in [1.82, 2.24) is 20.6 Å². The Balaban J connectivity index is 1.26. The first-order valence-electron chi connectivity index (χ1n) is 9.91. The van der Waals surface area contributed by atoms with Gasteiger partial charge in [0.05, 0.1) is 16.6 Å². The van der Waals surface area contributed by atoms with Crippen molar-refractivity contribution in [3.63, 3.8) is 0 Å². The molecule has 1 saturated carbocycles. The van der Waals surface area contributed by atoms with Crippen molar-refractivity contribution in [1.29, 1.82) is 0 Å². The summed E-state index contributed by atoms with van der Waals surface area (Å²) >= 11 is 0. The SMILES string of the molecule is CC(NC(=O)[C@@H]1C[C@H]1c1nc2ccccc2[nH]1)C(=O)NCc1ccc(C(F)(F)F)cc1. The van der Waals surface area contributed by atoms with Crippen molar-refractivity contribution in [2.45, 2.75) is 38.0 Å². The summed E-state index contributed by atoms with van der Waals surface area (Å²) in [5.74, 6) is -0.113. The van der Waals surface area contributed by atoms with Gasteiger partial charge in [-0.3, -0.25) is 9.59 Å². The highest BCUT2D eigenvalue weighted by Gasteiger charge is 2.46. The average molecular weight is 430 g/mol. The minimum absolute atomic E-state index is 0.00481. The van der Waals surface area contributed by atoms with Gasteiger partial charge in [0, 0.05) is 18.4 Å². The smallest absolute Gasteiger partial charge is 0.350 e. The maximum atomic E-state index is 12.6. The molecule has 1 aliphatic carbocycles. The standard InChI is InChI=1S/C22H21F3N4O2/c1-12(20(30)26-11-13-6-8-14(9-7-13)22(23,24)25)27-21(31)16-10-15(16)19-28-17-4-2-3-5-18(17)29-19/h2-9,12,15-16H,10-11H2,1H3,(H,26,30)(H,27,31)(H,28,29)/t12?,15-,16-/m1/s1. The number of fused-ring (bicyclic) bond motifs is 1. The highest BCUT2D eigenvalue weighted by atomic mass is 19.4. The van der Waals surface area contributed by atoms with Crippen LogP contribution in [0.15, 0.2) is 48.5 Å². The number of nitrogens with one attached hydrogen (secondary N) is 3. The quantitative estimate of drug-likeness (QED) is 0.559. The highest BCUT2D eigenvalue weighted by molar-refractivity contribution is 5.90. The Labute approximate surface area is 176 Å². The zero-order chi connectivity index (χ0) is 22.2. The van der Waals surface area contributed by atoms with Gasteiger partial charge in [-0.25, -0.2) is 4.98 Å². The first-order valence-corrected chi connectivity index (χ1v) is 9.91. The average Bonchev–Trinajstić information content (AvgIpc) is 3.43. The number of aromatic nitrogens is 2. The molecule has 0 saturated heterocycles. The van der Waals surface area contributed by atoms with E-state index in [-0.39, 0.29) is 24.3 Å². The molecular formula is C22H21F3N4O2. The minimum atomic E-state index is -4.40. The molecule has 0 aliphatic heterocycles. The van der Waals surface area contributed by atoms with Crippen LogP contribution in [0.4, 0.5) is 13.2 Å². The van der Waals surface area contributed by atoms with E-state index < -0.39 is 23.7 Å². The van der Waals surface area contributed by atoms with Crippen LogP contribution in [0.25, 0.3) is 11.0 Å². The van der Waals surface area contributed by atoms with Gasteiger partial charge in [0.2, 0.25) is 11.8 Å². The number of nitrogens with zero attached hydrogens (tertiary/aromatic N) is 1. The molecule has 1 aliphatic rings. The molecule has 1 heterocycles. The van der Waals surface area contributed by atoms with Crippen LogP contribution < -0.4 is 10.6 Å². The molecule has 0 radical (unpaired) electrons. The first kappa shape index (κ1) is 20.9. The van der Waals surface area contributed by atoms with Crippen LogP contribution in [-0.2, 0) is 22.3 Å². The molecule has 2 aromatic carbocycles. The van der Waals surface area contributed by atoms with E-state index >= 15 is 0 Å². The van der Waals surface area contributed by atoms with E-state index in [4.69, 9.17) is 0 Å². The number of aromatic amines is 1. The summed E-state index contributed by atoms with van der Waals surface area (Å²) in [4.78, 5) is 32.5. The van der Waals surface area contributed by atoms with Crippen LogP contribution in [0.1, 0.15) is 36.2 Å². The molecule has 1 aromatic heterocycles. The van der Waals surface area contributed by atoms with E-state index in [0.29, 0.717) is 12.0 Å². The van der Waals surface area contributed by atoms with Gasteiger partial charge >= 0.3 is 6.18 Å². The lowest BCUT2D eigenvalue weighted by Gasteiger charge is -2.14. The molecule has 0 bridgehead atoms. The van der Waals surface area contributed by atoms with E-state index in [1.807, 2.05) is 24.3 Å². The molecule has 4 rings (SSSR count). The number of imidazole rings is 1. The van der Waals surface area contributed by atoms with Crippen molar-refractivity contribution in [3.05, 3.63) is 65.5 Å². The summed E-state index contributed by atoms with van der Waals surface area (Å²) in [6, 6.07) is 11.4. The van der Waals surface area contributed by atoms with Gasteiger partial charge in [-0.2, -0.15) is 13.2 Å². The molecule has 2 amide bonds. The predicted octanol–water partition coefficient (Wildman–Crippen LogP) is 3.51. The highest BCUT2D eigenvalue weighted by Crippen LogP contribution is 2.46. The molecule has 31 heavy (non-hydrogen) atoms. The van der Waals surface area contributed by atoms with Crippen LogP contribution in [0.2, 0.25) is 0 Å². The lowest BCUT2D eigenvalue weighted by molar-refractivity contribution is -0.137. The molecule has 3 N–H and O–H groups in total. The fourth-order valence-corrected chi connectivity index (χ4v) is 3.47. The fourth-order valence-electron chi connectivity index (χ4n) is 3.47. The Morgan fingerprint density at radius 1 is 1.16 bits per heavy atom. The maximum Gasteiger partial charge on any atom is 0.416 e. The summed E-state index contributed by atoms with van der Waals surface area (Å²) in [7, 11) is 0. The van der Waals surface area contributed by atoms with Gasteiger partial charge in [0.1, 0.15) is 11.9 Å². The number of hydrogen-bond donors (Lipinski definition) is 3. The summed E-state index contributed by atoms with van der Waals surface area (Å²) < 4.78 is 37.8. The van der Waals surface area contributed by atoms with Crippen LogP contribution in [0.3, 0.4) is 0 Å². The van der Waals surface area contributed by atoms with Crippen LogP contribution >= 0.6 is 0 Å². The molecule has 3 atom stereocenters. The Hall–Kier alpha value is -3.36. The third-order valence-electron chi connectivity index (χ3n) is 5.39. The number of hydrogen-bond acceptors (Lipinski definition) is 3. The molecule has 162 valence electrons. The number of rotatable bonds is 6. The second kappa shape index (κ2) is 8.05. The number of H-pyrrole nitrogens is 1. The lowest BCUT2D eigenvalue weighted by Crippen LogP contribution is -2.45. The molecular weight excluding hydrogens is 409 g/mol. The van der Waals surface area contributed by atoms with Crippen LogP contribution in [-0.4, -0.2) is 27.8 Å². The first-order chi connectivity index (χ1) is 14.7. The van der Waals surface area contributed by atoms with Crippen molar-refractivity contribution in [3.8, 4) is 0 Å². The number of para-hydroxylation sites is 2. The van der Waals surface area contributed by atoms with Crippen molar-refractivity contribution >= 4 is 22.8 Å². The van der Waals surface area contributed by atoms with Crippen molar-refractivity contribution in [2.24, 2.45) is 5.92 Å². The predicted molar refractivity (Wildman–Crippen MR) is 108 cm³/mol. The lowest BCUT2D eigenvalue weighted by atomic mass is 10.1. The Kier molecular flexibility index (Phi) is 5.43. The summed E-state index contributed by atoms with van der Waals surface area (Å²) in [5, 5.41) is 5.33. The number of halogens is 3. The third kappa shape index (κ3) is 4.70. The Bertz CT molecular complexity index is 1070. The van der Waals surface area contributed by atoms with Crippen LogP contribution in [0.5, 0.6) is 0 Å². The zero-order valence-electron chi connectivity index (χ0n) is 16.7. The van der Waals surface area contributed by atoms with Crippen molar-refractivity contribution in [2.75, 3.05) is 0 Å². The molecule has 6 nitrogen and oxygen atoms in total. The number of alkyl halides is 3. The van der Waals surface area contributed by atoms with E-state index in [0.717, 1.165) is 29.0 Å². The Morgan fingerprint density at radius 2 is 1.87 bits per heavy atom. The molecule has 3 aromatic rings. The van der Waals surface area contributed by atoms with Crippen molar-refractivity contribution < 1.29 is 22.8 Å². The van der Waals surface area contributed by atoms with E-state index in [1.54, 1.807) is 6.92 Å². The number of carbonyl (C=O) groups excluding carboxylic acids is 2. The monoisotopic (exact) mass is 430 g/mol. The van der Waals surface area contributed by atoms with Gasteiger partial charge in [-0.1, -0.05) is 24.3 Å². The zero-order valence-corrected chi connectivity index (χ0v) is 16.7. The molecule has 9 heteroatoms. The molecule has 1 unspecified atom stereocenters. The number of benzene rings is 2. The summed E-state index contributed by atoms with van der Waals surface area (Å²) in [6.45, 7) is 1.64. The normalized spacial score (nSPS) is 19.1. The van der Waals surface area contributed by atoms with E-state index in [2.05, 4.69) is 20.6 Å². The van der Waals surface area contributed by atoms with Gasteiger partial charge in [0.15, 0.2) is 0 Å². The van der Waals surface area contributed by atoms with E-state index in [1.165, 1.54) is 12.1 Å². The fraction of sp³-hybridized carbons (Fsp3) is 0.318. The Morgan fingerprint density at radius 3 is 2.55 bits per heavy atom. The minimum Gasteiger partial charge on any atom is -0.350 e. The third-order valence-corrected chi connectivity index (χ3v) is 5.39. The molecule has 1 fully saturated rings. The topological polar surface area (TPSA) is 86.9 Å². The number of carbonyl (C=O) groups is 2. The van der Waals surface area contributed by atoms with E-state index in [9.17, 15) is 22.8 Å². The second-order valence-corrected chi connectivity index (χ2v) is 7.73. The molecule has 0 spiro atoms. The number of amides is 2. The van der Waals surface area contributed by atoms with Gasteiger partial charge in [-0.15, -0.1) is 0 Å². The van der Waals surface area contributed by atoms with Gasteiger partial charge < -0.3 is 15.6 Å². The van der Waals surface area contributed by atoms with Gasteiger partial charge in [0.25, 0.3) is 0 Å². The largest absolute Gasteiger partial charge is 0.416 e. The summed E-state index contributed by atoms with van der Waals surface area (Å²) in [6.07, 6.45) is -3.74. The van der Waals surface area contributed by atoms with Crippen LogP contribution in [0, 0.1) is 5.92 Å². The maximum absolute atomic E-state index is 12.6. The van der Waals surface area contributed by atoms with Gasteiger partial charge in [-0.05, 0) is 43.2 Å².